The Morgan fingerprint density at radius 3 is 2.65 bits per heavy atom. The molecule has 0 bridgehead atoms. The molecule has 0 unspecified atom stereocenters. The number of anilines is 1. The highest BCUT2D eigenvalue weighted by Crippen LogP contribution is 2.30. The molecule has 5 heteroatoms. The number of nitrogens with zero attached hydrogens (tertiary/aromatic N) is 3. The summed E-state index contributed by atoms with van der Waals surface area (Å²) in [5, 5.41) is 8.01. The van der Waals surface area contributed by atoms with E-state index in [4.69, 9.17) is 4.74 Å². The van der Waals surface area contributed by atoms with Gasteiger partial charge in [-0.15, -0.1) is 0 Å². The second-order valence-corrected chi connectivity index (χ2v) is 7.60. The Balaban J connectivity index is 1.51. The average molecular weight is 409 g/mol. The molecule has 0 spiro atoms. The number of rotatable bonds is 5. The van der Waals surface area contributed by atoms with Crippen LogP contribution >= 0.6 is 0 Å². The summed E-state index contributed by atoms with van der Waals surface area (Å²) in [5.74, 6) is 0.794. The predicted molar refractivity (Wildman–Crippen MR) is 129 cm³/mol. The van der Waals surface area contributed by atoms with Gasteiger partial charge in [0.25, 0.3) is 0 Å². The molecular weight excluding hydrogens is 384 g/mol. The van der Waals surface area contributed by atoms with Crippen LogP contribution in [0.15, 0.2) is 71.8 Å². The van der Waals surface area contributed by atoms with Crippen molar-refractivity contribution in [2.24, 2.45) is 5.10 Å². The van der Waals surface area contributed by atoms with Crippen molar-refractivity contribution in [2.75, 3.05) is 12.5 Å². The second kappa shape index (κ2) is 7.76. The summed E-state index contributed by atoms with van der Waals surface area (Å²) in [4.78, 5) is 4.60. The Kier molecular flexibility index (Phi) is 4.79. The van der Waals surface area contributed by atoms with Crippen molar-refractivity contribution in [3.8, 4) is 5.75 Å². The Morgan fingerprint density at radius 2 is 1.81 bits per heavy atom. The van der Waals surface area contributed by atoms with Crippen LogP contribution in [-0.2, 0) is 6.54 Å². The Hall–Kier alpha value is -3.86. The van der Waals surface area contributed by atoms with E-state index < -0.39 is 0 Å². The lowest BCUT2D eigenvalue weighted by molar-refractivity contribution is 0.415. The smallest absolute Gasteiger partial charge is 0.119 e. The molecule has 0 radical (unpaired) electrons. The number of nitrogens with one attached hydrogen (secondary N) is 1. The first-order valence-corrected chi connectivity index (χ1v) is 10.4. The number of hydrogen-bond acceptors (Lipinski definition) is 4. The molecule has 31 heavy (non-hydrogen) atoms. The number of hydrogen-bond donors (Lipinski definition) is 1. The second-order valence-electron chi connectivity index (χ2n) is 7.60. The van der Waals surface area contributed by atoms with Crippen LogP contribution < -0.4 is 10.2 Å². The first-order chi connectivity index (χ1) is 15.2. The van der Waals surface area contributed by atoms with Gasteiger partial charge in [-0.05, 0) is 61.9 Å². The largest absolute Gasteiger partial charge is 0.497 e. The average Bonchev–Trinajstić information content (AvgIpc) is 3.11. The molecule has 0 saturated heterocycles. The molecular formula is C26H24N4O. The molecule has 0 aliphatic rings. The summed E-state index contributed by atoms with van der Waals surface area (Å²) in [5.41, 5.74) is 9.51. The number of pyridine rings is 1. The Morgan fingerprint density at radius 1 is 0.968 bits per heavy atom. The van der Waals surface area contributed by atoms with E-state index in [1.54, 1.807) is 7.11 Å². The SMILES string of the molecule is CCn1c2ccccc2c2cc(/C=N/Nc3cc(C)nc4ccc(OC)cc34)ccc21. The zero-order valence-electron chi connectivity index (χ0n) is 17.9. The third-order valence-corrected chi connectivity index (χ3v) is 5.66. The molecule has 3 aromatic carbocycles. The highest BCUT2D eigenvalue weighted by Gasteiger charge is 2.09. The quantitative estimate of drug-likeness (QED) is 0.281. The van der Waals surface area contributed by atoms with Gasteiger partial charge in [-0.25, -0.2) is 0 Å². The Bertz CT molecular complexity index is 1450. The van der Waals surface area contributed by atoms with Crippen molar-refractivity contribution in [2.45, 2.75) is 20.4 Å². The van der Waals surface area contributed by atoms with Gasteiger partial charge in [0.1, 0.15) is 5.75 Å². The van der Waals surface area contributed by atoms with Gasteiger partial charge in [-0.3, -0.25) is 10.4 Å². The monoisotopic (exact) mass is 408 g/mol. The third-order valence-electron chi connectivity index (χ3n) is 5.66. The van der Waals surface area contributed by atoms with E-state index in [1.807, 2.05) is 37.4 Å². The van der Waals surface area contributed by atoms with Crippen LogP contribution in [0.1, 0.15) is 18.2 Å². The molecule has 0 aliphatic heterocycles. The number of aryl methyl sites for hydroxylation is 2. The summed E-state index contributed by atoms with van der Waals surface area (Å²) in [6.07, 6.45) is 1.86. The summed E-state index contributed by atoms with van der Waals surface area (Å²) in [6.45, 7) is 5.11. The molecule has 0 saturated carbocycles. The van der Waals surface area contributed by atoms with E-state index in [0.29, 0.717) is 0 Å². The summed E-state index contributed by atoms with van der Waals surface area (Å²) < 4.78 is 7.72. The lowest BCUT2D eigenvalue weighted by atomic mass is 10.1. The maximum absolute atomic E-state index is 5.37. The molecule has 0 atom stereocenters. The van der Waals surface area contributed by atoms with Crippen LogP contribution in [-0.4, -0.2) is 22.9 Å². The van der Waals surface area contributed by atoms with Crippen molar-refractivity contribution >= 4 is 44.6 Å². The van der Waals surface area contributed by atoms with E-state index in [-0.39, 0.29) is 0 Å². The minimum atomic E-state index is 0.794. The summed E-state index contributed by atoms with van der Waals surface area (Å²) >= 11 is 0. The number of methoxy groups -OCH3 is 1. The number of benzene rings is 3. The van der Waals surface area contributed by atoms with Crippen molar-refractivity contribution < 1.29 is 4.74 Å². The highest BCUT2D eigenvalue weighted by atomic mass is 16.5. The molecule has 2 aromatic heterocycles. The zero-order chi connectivity index (χ0) is 21.4. The van der Waals surface area contributed by atoms with Gasteiger partial charge in [0.05, 0.1) is 24.5 Å². The van der Waals surface area contributed by atoms with Crippen molar-refractivity contribution in [3.05, 3.63) is 78.0 Å². The summed E-state index contributed by atoms with van der Waals surface area (Å²) in [6, 6.07) is 22.9. The molecule has 2 heterocycles. The van der Waals surface area contributed by atoms with Gasteiger partial charge in [0.2, 0.25) is 0 Å². The van der Waals surface area contributed by atoms with E-state index in [9.17, 15) is 0 Å². The van der Waals surface area contributed by atoms with Crippen molar-refractivity contribution in [1.29, 1.82) is 0 Å². The van der Waals surface area contributed by atoms with E-state index in [0.717, 1.165) is 40.1 Å². The molecule has 154 valence electrons. The molecule has 5 aromatic rings. The van der Waals surface area contributed by atoms with Gasteiger partial charge in [0.15, 0.2) is 0 Å². The lowest BCUT2D eigenvalue weighted by Gasteiger charge is -2.09. The van der Waals surface area contributed by atoms with Crippen LogP contribution in [0.3, 0.4) is 0 Å². The fraction of sp³-hybridized carbons (Fsp3) is 0.154. The van der Waals surface area contributed by atoms with Gasteiger partial charge in [-0.2, -0.15) is 5.10 Å². The van der Waals surface area contributed by atoms with E-state index in [1.165, 1.54) is 21.8 Å². The number of aromatic nitrogens is 2. The first kappa shape index (κ1) is 19.1. The highest BCUT2D eigenvalue weighted by molar-refractivity contribution is 6.09. The molecule has 0 amide bonds. The van der Waals surface area contributed by atoms with Gasteiger partial charge < -0.3 is 9.30 Å². The number of hydrazone groups is 1. The van der Waals surface area contributed by atoms with Crippen LogP contribution in [0.2, 0.25) is 0 Å². The van der Waals surface area contributed by atoms with Crippen LogP contribution in [0, 0.1) is 6.92 Å². The van der Waals surface area contributed by atoms with Gasteiger partial charge >= 0.3 is 0 Å². The fourth-order valence-electron chi connectivity index (χ4n) is 4.23. The van der Waals surface area contributed by atoms with E-state index in [2.05, 4.69) is 69.5 Å². The maximum Gasteiger partial charge on any atom is 0.119 e. The van der Waals surface area contributed by atoms with Crippen LogP contribution in [0.5, 0.6) is 5.75 Å². The molecule has 1 N–H and O–H groups in total. The van der Waals surface area contributed by atoms with Crippen molar-refractivity contribution in [1.82, 2.24) is 9.55 Å². The molecule has 0 aliphatic carbocycles. The first-order valence-electron chi connectivity index (χ1n) is 10.4. The molecule has 5 nitrogen and oxygen atoms in total. The Labute approximate surface area is 181 Å². The fourth-order valence-corrected chi connectivity index (χ4v) is 4.23. The zero-order valence-corrected chi connectivity index (χ0v) is 17.9. The minimum Gasteiger partial charge on any atom is -0.497 e. The minimum absolute atomic E-state index is 0.794. The third kappa shape index (κ3) is 3.38. The number of ether oxygens (including phenoxy) is 1. The topological polar surface area (TPSA) is 51.4 Å². The van der Waals surface area contributed by atoms with Crippen LogP contribution in [0.25, 0.3) is 32.7 Å². The number of para-hydroxylation sites is 1. The van der Waals surface area contributed by atoms with Gasteiger partial charge in [0, 0.05) is 39.4 Å². The summed E-state index contributed by atoms with van der Waals surface area (Å²) in [7, 11) is 1.67. The lowest BCUT2D eigenvalue weighted by Crippen LogP contribution is -1.96. The van der Waals surface area contributed by atoms with Crippen LogP contribution in [0.4, 0.5) is 5.69 Å². The predicted octanol–water partition coefficient (Wildman–Crippen LogP) is 6.13. The maximum atomic E-state index is 5.37. The molecule has 5 rings (SSSR count). The van der Waals surface area contributed by atoms with Gasteiger partial charge in [-0.1, -0.05) is 24.3 Å². The van der Waals surface area contributed by atoms with E-state index >= 15 is 0 Å². The number of fused-ring (bicyclic) bond motifs is 4. The standard InChI is InChI=1S/C26H24N4O/c1-4-30-25-8-6-5-7-20(25)21-14-18(9-12-26(21)30)16-27-29-24-13-17(2)28-23-11-10-19(31-3)15-22(23)24/h5-16H,4H2,1-3H3,(H,28,29)/b27-16+. The normalized spacial score (nSPS) is 11.7. The molecule has 0 fully saturated rings. The van der Waals surface area contributed by atoms with Crippen molar-refractivity contribution in [3.63, 3.8) is 0 Å².